The predicted octanol–water partition coefficient (Wildman–Crippen LogP) is 4.72. The first-order valence-electron chi connectivity index (χ1n) is 6.88. The predicted molar refractivity (Wildman–Crippen MR) is 81.9 cm³/mol. The topological polar surface area (TPSA) is 9.23 Å². The molecule has 1 aliphatic carbocycles. The van der Waals surface area contributed by atoms with Crippen molar-refractivity contribution in [3.63, 3.8) is 0 Å². The van der Waals surface area contributed by atoms with Gasteiger partial charge in [-0.1, -0.05) is 55.3 Å². The summed E-state index contributed by atoms with van der Waals surface area (Å²) in [5.74, 6) is 1.46. The molecule has 0 spiro atoms. The van der Waals surface area contributed by atoms with E-state index in [1.54, 1.807) is 7.11 Å². The van der Waals surface area contributed by atoms with Gasteiger partial charge in [0.25, 0.3) is 0 Å². The SMILES string of the molecule is COc1c(C)cc(C)cc1C(C)(C)C1C=CC(C)=C1. The monoisotopic (exact) mass is 256 g/mol. The van der Waals surface area contributed by atoms with Crippen molar-refractivity contribution in [2.45, 2.75) is 40.0 Å². The van der Waals surface area contributed by atoms with E-state index < -0.39 is 0 Å². The van der Waals surface area contributed by atoms with Crippen LogP contribution in [0.15, 0.2) is 35.9 Å². The van der Waals surface area contributed by atoms with E-state index in [0.717, 1.165) is 5.75 Å². The molecule has 0 N–H and O–H groups in total. The molecule has 1 atom stereocenters. The molecule has 102 valence electrons. The van der Waals surface area contributed by atoms with Gasteiger partial charge in [0.2, 0.25) is 0 Å². The zero-order valence-electron chi connectivity index (χ0n) is 12.9. The van der Waals surface area contributed by atoms with E-state index in [4.69, 9.17) is 4.74 Å². The molecule has 0 fully saturated rings. The third-order valence-corrected chi connectivity index (χ3v) is 4.16. The molecule has 1 heteroatoms. The molecule has 1 aromatic carbocycles. The normalized spacial score (nSPS) is 18.6. The second kappa shape index (κ2) is 4.88. The third kappa shape index (κ3) is 2.47. The Morgan fingerprint density at radius 2 is 1.79 bits per heavy atom. The Balaban J connectivity index is 2.54. The highest BCUT2D eigenvalue weighted by Crippen LogP contribution is 2.42. The molecule has 1 aromatic rings. The van der Waals surface area contributed by atoms with Crippen molar-refractivity contribution in [3.05, 3.63) is 52.6 Å². The molecule has 0 aliphatic heterocycles. The van der Waals surface area contributed by atoms with Gasteiger partial charge in [0, 0.05) is 16.9 Å². The Hall–Kier alpha value is -1.50. The van der Waals surface area contributed by atoms with E-state index in [2.05, 4.69) is 65.0 Å². The van der Waals surface area contributed by atoms with Gasteiger partial charge in [-0.15, -0.1) is 0 Å². The van der Waals surface area contributed by atoms with Crippen LogP contribution in [0.25, 0.3) is 0 Å². The second-order valence-corrected chi connectivity index (χ2v) is 6.18. The summed E-state index contributed by atoms with van der Waals surface area (Å²) >= 11 is 0. The minimum absolute atomic E-state index is 0.0381. The lowest BCUT2D eigenvalue weighted by Gasteiger charge is -2.32. The number of methoxy groups -OCH3 is 1. The van der Waals surface area contributed by atoms with Crippen molar-refractivity contribution in [2.75, 3.05) is 7.11 Å². The fourth-order valence-electron chi connectivity index (χ4n) is 2.98. The Kier molecular flexibility index (Phi) is 3.58. The lowest BCUT2D eigenvalue weighted by Crippen LogP contribution is -2.26. The Labute approximate surface area is 117 Å². The molecule has 0 saturated heterocycles. The maximum atomic E-state index is 5.66. The summed E-state index contributed by atoms with van der Waals surface area (Å²) < 4.78 is 5.66. The Morgan fingerprint density at radius 3 is 2.32 bits per heavy atom. The molecular weight excluding hydrogens is 232 g/mol. The van der Waals surface area contributed by atoms with Crippen molar-refractivity contribution in [1.29, 1.82) is 0 Å². The second-order valence-electron chi connectivity index (χ2n) is 6.18. The summed E-state index contributed by atoms with van der Waals surface area (Å²) in [6.07, 6.45) is 6.85. The lowest BCUT2D eigenvalue weighted by molar-refractivity contribution is 0.373. The molecule has 0 radical (unpaired) electrons. The lowest BCUT2D eigenvalue weighted by atomic mass is 9.72. The zero-order valence-corrected chi connectivity index (χ0v) is 12.9. The average Bonchev–Trinajstić information content (AvgIpc) is 2.75. The number of allylic oxidation sites excluding steroid dienone is 4. The molecular formula is C18H24O. The van der Waals surface area contributed by atoms with Crippen molar-refractivity contribution >= 4 is 0 Å². The molecule has 19 heavy (non-hydrogen) atoms. The third-order valence-electron chi connectivity index (χ3n) is 4.16. The quantitative estimate of drug-likeness (QED) is 0.760. The van der Waals surface area contributed by atoms with Crippen LogP contribution in [-0.4, -0.2) is 7.11 Å². The Bertz CT molecular complexity index is 547. The molecule has 0 saturated carbocycles. The van der Waals surface area contributed by atoms with Gasteiger partial charge >= 0.3 is 0 Å². The van der Waals surface area contributed by atoms with Gasteiger partial charge in [-0.05, 0) is 26.3 Å². The van der Waals surface area contributed by atoms with Crippen LogP contribution in [0, 0.1) is 19.8 Å². The van der Waals surface area contributed by atoms with E-state index in [0.29, 0.717) is 5.92 Å². The van der Waals surface area contributed by atoms with Gasteiger partial charge < -0.3 is 4.74 Å². The van der Waals surface area contributed by atoms with E-state index in [9.17, 15) is 0 Å². The van der Waals surface area contributed by atoms with Gasteiger partial charge in [0.1, 0.15) is 5.75 Å². The number of ether oxygens (including phenoxy) is 1. The molecule has 0 amide bonds. The number of hydrogen-bond acceptors (Lipinski definition) is 1. The summed E-state index contributed by atoms with van der Waals surface area (Å²) in [5, 5.41) is 0. The summed E-state index contributed by atoms with van der Waals surface area (Å²) in [4.78, 5) is 0. The van der Waals surface area contributed by atoms with Gasteiger partial charge in [-0.2, -0.15) is 0 Å². The van der Waals surface area contributed by atoms with Crippen molar-refractivity contribution < 1.29 is 4.74 Å². The van der Waals surface area contributed by atoms with Crippen LogP contribution in [0.5, 0.6) is 5.75 Å². The molecule has 0 aromatic heterocycles. The number of hydrogen-bond donors (Lipinski definition) is 0. The number of rotatable bonds is 3. The van der Waals surface area contributed by atoms with Gasteiger partial charge in [-0.25, -0.2) is 0 Å². The minimum atomic E-state index is 0.0381. The first-order valence-corrected chi connectivity index (χ1v) is 6.88. The molecule has 0 bridgehead atoms. The van der Waals surface area contributed by atoms with Crippen LogP contribution in [-0.2, 0) is 5.41 Å². The van der Waals surface area contributed by atoms with Crippen LogP contribution < -0.4 is 4.74 Å². The number of aryl methyl sites for hydroxylation is 2. The van der Waals surface area contributed by atoms with Crippen LogP contribution in [0.1, 0.15) is 37.5 Å². The van der Waals surface area contributed by atoms with Crippen LogP contribution in [0.3, 0.4) is 0 Å². The van der Waals surface area contributed by atoms with Gasteiger partial charge in [-0.3, -0.25) is 0 Å². The van der Waals surface area contributed by atoms with Gasteiger partial charge in [0.15, 0.2) is 0 Å². The molecule has 2 rings (SSSR count). The largest absolute Gasteiger partial charge is 0.496 e. The summed E-state index contributed by atoms with van der Waals surface area (Å²) in [6, 6.07) is 4.45. The number of benzene rings is 1. The fraction of sp³-hybridized carbons (Fsp3) is 0.444. The molecule has 1 unspecified atom stereocenters. The minimum Gasteiger partial charge on any atom is -0.496 e. The maximum Gasteiger partial charge on any atom is 0.125 e. The summed E-state index contributed by atoms with van der Waals surface area (Å²) in [6.45, 7) is 11.0. The summed E-state index contributed by atoms with van der Waals surface area (Å²) in [7, 11) is 1.77. The smallest absolute Gasteiger partial charge is 0.125 e. The highest BCUT2D eigenvalue weighted by molar-refractivity contribution is 5.49. The first kappa shape index (κ1) is 13.9. The fourth-order valence-corrected chi connectivity index (χ4v) is 2.98. The van der Waals surface area contributed by atoms with Crippen LogP contribution in [0.4, 0.5) is 0 Å². The van der Waals surface area contributed by atoms with Crippen molar-refractivity contribution in [1.82, 2.24) is 0 Å². The van der Waals surface area contributed by atoms with E-state index >= 15 is 0 Å². The standard InChI is InChI=1S/C18H24O/c1-12-7-8-15(10-12)18(4,5)16-11-13(2)9-14(3)17(16)19-6/h7-11,15H,1-6H3. The molecule has 0 heterocycles. The highest BCUT2D eigenvalue weighted by atomic mass is 16.5. The maximum absolute atomic E-state index is 5.66. The average molecular weight is 256 g/mol. The molecule has 1 nitrogen and oxygen atoms in total. The van der Waals surface area contributed by atoms with Gasteiger partial charge in [0.05, 0.1) is 7.11 Å². The first-order chi connectivity index (χ1) is 8.86. The highest BCUT2D eigenvalue weighted by Gasteiger charge is 2.33. The molecule has 1 aliphatic rings. The van der Waals surface area contributed by atoms with E-state index in [1.807, 2.05) is 0 Å². The zero-order chi connectivity index (χ0) is 14.2. The Morgan fingerprint density at radius 1 is 1.11 bits per heavy atom. The van der Waals surface area contributed by atoms with E-state index in [-0.39, 0.29) is 5.41 Å². The summed E-state index contributed by atoms with van der Waals surface area (Å²) in [5.41, 5.74) is 5.20. The van der Waals surface area contributed by atoms with E-state index in [1.165, 1.54) is 22.3 Å². The van der Waals surface area contributed by atoms with Crippen LogP contribution in [0.2, 0.25) is 0 Å². The van der Waals surface area contributed by atoms with Crippen molar-refractivity contribution in [2.24, 2.45) is 5.92 Å². The van der Waals surface area contributed by atoms with Crippen LogP contribution >= 0.6 is 0 Å². The van der Waals surface area contributed by atoms with Crippen molar-refractivity contribution in [3.8, 4) is 5.75 Å².